The molecule has 0 bridgehead atoms. The van der Waals surface area contributed by atoms with E-state index in [2.05, 4.69) is 0 Å². The Labute approximate surface area is 174 Å². The van der Waals surface area contributed by atoms with Gasteiger partial charge in [-0.1, -0.05) is 48.5 Å². The van der Waals surface area contributed by atoms with Crippen molar-refractivity contribution in [3.8, 4) is 5.75 Å². The summed E-state index contributed by atoms with van der Waals surface area (Å²) in [5, 5.41) is 0. The van der Waals surface area contributed by atoms with Gasteiger partial charge in [0, 0.05) is 16.9 Å². The number of nitrogens with two attached hydrogens (primary N) is 2. The molecule has 0 spiro atoms. The van der Waals surface area contributed by atoms with Crippen LogP contribution in [0.4, 0.5) is 11.4 Å². The molecule has 3 aromatic rings. The van der Waals surface area contributed by atoms with E-state index in [0.717, 1.165) is 5.56 Å². The van der Waals surface area contributed by atoms with E-state index in [1.54, 1.807) is 36.4 Å². The zero-order valence-electron chi connectivity index (χ0n) is 16.3. The van der Waals surface area contributed by atoms with Crippen molar-refractivity contribution in [2.45, 2.75) is 0 Å². The van der Waals surface area contributed by atoms with Gasteiger partial charge in [0.1, 0.15) is 19.0 Å². The number of benzene rings is 3. The van der Waals surface area contributed by atoms with Crippen LogP contribution in [0.1, 0.15) is 26.3 Å². The first-order valence-corrected chi connectivity index (χ1v) is 9.35. The molecule has 3 aromatic carbocycles. The van der Waals surface area contributed by atoms with Gasteiger partial charge in [-0.3, -0.25) is 4.79 Å². The number of anilines is 2. The first-order chi connectivity index (χ1) is 14.5. The van der Waals surface area contributed by atoms with Crippen molar-refractivity contribution in [3.05, 3.63) is 95.6 Å². The number of ether oxygens (including phenoxy) is 2. The number of nitrogen functional groups attached to an aromatic ring is 2. The zero-order valence-corrected chi connectivity index (χ0v) is 16.3. The molecule has 0 aliphatic carbocycles. The summed E-state index contributed by atoms with van der Waals surface area (Å²) in [7, 11) is 0. The van der Waals surface area contributed by atoms with Gasteiger partial charge in [-0.15, -0.1) is 0 Å². The average Bonchev–Trinajstić information content (AvgIpc) is 2.75. The van der Waals surface area contributed by atoms with Crippen LogP contribution < -0.4 is 16.2 Å². The second-order valence-electron chi connectivity index (χ2n) is 6.51. The molecular formula is C24H22N2O4. The van der Waals surface area contributed by atoms with E-state index in [1.165, 1.54) is 18.2 Å². The van der Waals surface area contributed by atoms with E-state index < -0.39 is 5.97 Å². The Morgan fingerprint density at radius 2 is 1.47 bits per heavy atom. The quantitative estimate of drug-likeness (QED) is 0.194. The lowest BCUT2D eigenvalue weighted by Crippen LogP contribution is -2.13. The van der Waals surface area contributed by atoms with E-state index >= 15 is 0 Å². The van der Waals surface area contributed by atoms with Gasteiger partial charge in [-0.05, 0) is 42.0 Å². The highest BCUT2D eigenvalue weighted by Crippen LogP contribution is 2.16. The topological polar surface area (TPSA) is 105 Å². The van der Waals surface area contributed by atoms with Crippen molar-refractivity contribution in [1.82, 2.24) is 0 Å². The third-order valence-electron chi connectivity index (χ3n) is 4.16. The van der Waals surface area contributed by atoms with Gasteiger partial charge >= 0.3 is 5.97 Å². The van der Waals surface area contributed by atoms with Crippen LogP contribution in [0.25, 0.3) is 6.08 Å². The second kappa shape index (κ2) is 9.93. The number of hydrogen-bond donors (Lipinski definition) is 2. The minimum Gasteiger partial charge on any atom is -0.490 e. The number of carbonyl (C=O) groups excluding carboxylic acids is 2. The molecule has 152 valence electrons. The van der Waals surface area contributed by atoms with Crippen LogP contribution in [0.5, 0.6) is 5.75 Å². The smallest absolute Gasteiger partial charge is 0.338 e. The molecule has 6 heteroatoms. The standard InChI is InChI=1S/C24H22N2O4/c25-20-14-19(15-21(26)16-20)24(28)30-13-12-29-22-9-6-17(7-10-22)8-11-23(27)18-4-2-1-3-5-18/h1-11,14-16H,12-13,25-26H2/b11-8+. The third-order valence-corrected chi connectivity index (χ3v) is 4.16. The predicted molar refractivity (Wildman–Crippen MR) is 117 cm³/mol. The number of ketones is 1. The lowest BCUT2D eigenvalue weighted by molar-refractivity contribution is 0.0450. The Balaban J connectivity index is 1.45. The van der Waals surface area contributed by atoms with E-state index in [0.29, 0.717) is 28.3 Å². The van der Waals surface area contributed by atoms with Gasteiger partial charge < -0.3 is 20.9 Å². The number of hydrogen-bond acceptors (Lipinski definition) is 6. The molecule has 0 fully saturated rings. The number of rotatable bonds is 8. The van der Waals surface area contributed by atoms with Crippen LogP contribution in [0.3, 0.4) is 0 Å². The molecule has 6 nitrogen and oxygen atoms in total. The van der Waals surface area contributed by atoms with Gasteiger partial charge in [-0.25, -0.2) is 4.79 Å². The summed E-state index contributed by atoms with van der Waals surface area (Å²) in [5.41, 5.74) is 14.0. The lowest BCUT2D eigenvalue weighted by Gasteiger charge is -2.08. The molecule has 0 amide bonds. The first-order valence-electron chi connectivity index (χ1n) is 9.35. The fourth-order valence-electron chi connectivity index (χ4n) is 2.72. The van der Waals surface area contributed by atoms with Crippen LogP contribution in [0.2, 0.25) is 0 Å². The molecule has 0 atom stereocenters. The van der Waals surface area contributed by atoms with Gasteiger partial charge in [0.05, 0.1) is 5.56 Å². The number of carbonyl (C=O) groups is 2. The van der Waals surface area contributed by atoms with Crippen LogP contribution in [0.15, 0.2) is 78.9 Å². The molecule has 0 heterocycles. The highest BCUT2D eigenvalue weighted by molar-refractivity contribution is 6.06. The minimum absolute atomic E-state index is 0.0559. The fourth-order valence-corrected chi connectivity index (χ4v) is 2.72. The summed E-state index contributed by atoms with van der Waals surface area (Å²) in [6, 6.07) is 20.9. The summed E-state index contributed by atoms with van der Waals surface area (Å²) in [6.45, 7) is 0.284. The average molecular weight is 402 g/mol. The third kappa shape index (κ3) is 5.97. The molecular weight excluding hydrogens is 380 g/mol. The van der Waals surface area contributed by atoms with Crippen LogP contribution in [0, 0.1) is 0 Å². The molecule has 4 N–H and O–H groups in total. The molecule has 0 unspecified atom stereocenters. The Morgan fingerprint density at radius 1 is 0.800 bits per heavy atom. The fraction of sp³-hybridized carbons (Fsp3) is 0.0833. The Kier molecular flexibility index (Phi) is 6.84. The van der Waals surface area contributed by atoms with Gasteiger partial charge in [0.2, 0.25) is 0 Å². The molecule has 0 aromatic heterocycles. The second-order valence-corrected chi connectivity index (χ2v) is 6.51. The van der Waals surface area contributed by atoms with Crippen LogP contribution in [-0.2, 0) is 4.74 Å². The summed E-state index contributed by atoms with van der Waals surface area (Å²) >= 11 is 0. The Morgan fingerprint density at radius 3 is 2.13 bits per heavy atom. The summed E-state index contributed by atoms with van der Waals surface area (Å²) in [6.07, 6.45) is 3.28. The maximum Gasteiger partial charge on any atom is 0.338 e. The molecule has 0 saturated heterocycles. The largest absolute Gasteiger partial charge is 0.490 e. The SMILES string of the molecule is Nc1cc(N)cc(C(=O)OCCOc2ccc(/C=C/C(=O)c3ccccc3)cc2)c1. The monoisotopic (exact) mass is 402 g/mol. The van der Waals surface area contributed by atoms with Gasteiger partial charge in [0.15, 0.2) is 5.78 Å². The maximum absolute atomic E-state index is 12.1. The van der Waals surface area contributed by atoms with E-state index in [1.807, 2.05) is 30.3 Å². The highest BCUT2D eigenvalue weighted by atomic mass is 16.6. The zero-order chi connectivity index (χ0) is 21.3. The molecule has 0 aliphatic rings. The maximum atomic E-state index is 12.1. The van der Waals surface area contributed by atoms with Crippen molar-refractivity contribution >= 4 is 29.2 Å². The number of allylic oxidation sites excluding steroid dienone is 1. The summed E-state index contributed by atoms with van der Waals surface area (Å²) < 4.78 is 10.7. The van der Waals surface area contributed by atoms with Gasteiger partial charge in [0.25, 0.3) is 0 Å². The van der Waals surface area contributed by atoms with Crippen molar-refractivity contribution in [2.24, 2.45) is 0 Å². The molecule has 0 radical (unpaired) electrons. The van der Waals surface area contributed by atoms with Crippen molar-refractivity contribution < 1.29 is 19.1 Å². The molecule has 30 heavy (non-hydrogen) atoms. The van der Waals surface area contributed by atoms with Crippen LogP contribution in [-0.4, -0.2) is 25.0 Å². The van der Waals surface area contributed by atoms with Gasteiger partial charge in [-0.2, -0.15) is 0 Å². The van der Waals surface area contributed by atoms with Crippen molar-refractivity contribution in [2.75, 3.05) is 24.7 Å². The highest BCUT2D eigenvalue weighted by Gasteiger charge is 2.08. The number of esters is 1. The Hall–Kier alpha value is -4.06. The lowest BCUT2D eigenvalue weighted by atomic mass is 10.1. The Bertz CT molecular complexity index is 1020. The summed E-state index contributed by atoms with van der Waals surface area (Å²) in [4.78, 5) is 24.1. The van der Waals surface area contributed by atoms with E-state index in [-0.39, 0.29) is 19.0 Å². The normalized spacial score (nSPS) is 10.7. The van der Waals surface area contributed by atoms with E-state index in [9.17, 15) is 9.59 Å². The van der Waals surface area contributed by atoms with Crippen LogP contribution >= 0.6 is 0 Å². The van der Waals surface area contributed by atoms with Crippen molar-refractivity contribution in [3.63, 3.8) is 0 Å². The predicted octanol–water partition coefficient (Wildman–Crippen LogP) is 3.98. The van der Waals surface area contributed by atoms with Crippen molar-refractivity contribution in [1.29, 1.82) is 0 Å². The molecule has 0 saturated carbocycles. The molecule has 3 rings (SSSR count). The summed E-state index contributed by atoms with van der Waals surface area (Å²) in [5.74, 6) is 0.0617. The molecule has 0 aliphatic heterocycles. The minimum atomic E-state index is -0.513. The first kappa shape index (κ1) is 20.7. The van der Waals surface area contributed by atoms with E-state index in [4.69, 9.17) is 20.9 Å².